The number of methoxy groups -OCH3 is 1. The second kappa shape index (κ2) is 7.22. The third-order valence-electron chi connectivity index (χ3n) is 3.09. The van der Waals surface area contributed by atoms with Crippen LogP contribution in [0.25, 0.3) is 0 Å². The van der Waals surface area contributed by atoms with Crippen molar-refractivity contribution >= 4 is 17.4 Å². The Kier molecular flexibility index (Phi) is 5.32. The van der Waals surface area contributed by atoms with Gasteiger partial charge in [-0.3, -0.25) is 0 Å². The maximum atomic E-state index is 10.1. The number of aliphatic hydroxyl groups is 1. The van der Waals surface area contributed by atoms with Crippen LogP contribution in [-0.2, 0) is 0 Å². The molecular formula is C16H19NO2S. The molecule has 0 heterocycles. The summed E-state index contributed by atoms with van der Waals surface area (Å²) in [6, 6.07) is 15.6. The lowest BCUT2D eigenvalue weighted by molar-refractivity contribution is 0.191. The van der Waals surface area contributed by atoms with Gasteiger partial charge in [0.05, 0.1) is 13.2 Å². The van der Waals surface area contributed by atoms with Crippen molar-refractivity contribution in [2.75, 3.05) is 25.2 Å². The lowest BCUT2D eigenvalue weighted by Crippen LogP contribution is -2.11. The van der Waals surface area contributed by atoms with Crippen molar-refractivity contribution in [3.05, 3.63) is 54.1 Å². The van der Waals surface area contributed by atoms with E-state index in [4.69, 9.17) is 4.74 Å². The van der Waals surface area contributed by atoms with E-state index < -0.39 is 6.10 Å². The minimum absolute atomic E-state index is 0.477. The molecule has 2 rings (SSSR count). The number of hydrogen-bond acceptors (Lipinski definition) is 4. The minimum Gasteiger partial charge on any atom is -0.497 e. The molecule has 0 bridgehead atoms. The Balaban J connectivity index is 1.91. The third-order valence-corrected chi connectivity index (χ3v) is 3.83. The number of hydrogen-bond donors (Lipinski definition) is 2. The Bertz CT molecular complexity index is 525. The largest absolute Gasteiger partial charge is 0.497 e. The molecular weight excluding hydrogens is 270 g/mol. The molecule has 0 fully saturated rings. The number of rotatable bonds is 6. The van der Waals surface area contributed by atoms with E-state index in [0.717, 1.165) is 17.0 Å². The molecule has 0 radical (unpaired) electrons. The fourth-order valence-corrected chi connectivity index (χ4v) is 2.28. The van der Waals surface area contributed by atoms with Gasteiger partial charge < -0.3 is 15.2 Å². The summed E-state index contributed by atoms with van der Waals surface area (Å²) in [4.78, 5) is 1.23. The zero-order valence-electron chi connectivity index (χ0n) is 11.7. The molecule has 0 saturated heterocycles. The summed E-state index contributed by atoms with van der Waals surface area (Å²) in [5.74, 6) is 0.793. The van der Waals surface area contributed by atoms with Crippen molar-refractivity contribution in [1.29, 1.82) is 0 Å². The highest BCUT2D eigenvalue weighted by atomic mass is 32.2. The van der Waals surface area contributed by atoms with Gasteiger partial charge in [-0.1, -0.05) is 12.1 Å². The minimum atomic E-state index is -0.541. The van der Waals surface area contributed by atoms with Gasteiger partial charge in [0.25, 0.3) is 0 Å². The summed E-state index contributed by atoms with van der Waals surface area (Å²) in [7, 11) is 1.63. The van der Waals surface area contributed by atoms with E-state index in [1.54, 1.807) is 18.9 Å². The van der Waals surface area contributed by atoms with Crippen LogP contribution in [0.5, 0.6) is 5.75 Å². The predicted octanol–water partition coefficient (Wildman–Crippen LogP) is 3.56. The Morgan fingerprint density at radius 2 is 1.75 bits per heavy atom. The molecule has 1 atom stereocenters. The van der Waals surface area contributed by atoms with Gasteiger partial charge in [0, 0.05) is 17.1 Å². The van der Waals surface area contributed by atoms with Crippen molar-refractivity contribution in [3.8, 4) is 5.75 Å². The smallest absolute Gasteiger partial charge is 0.118 e. The van der Waals surface area contributed by atoms with E-state index in [-0.39, 0.29) is 0 Å². The van der Waals surface area contributed by atoms with Gasteiger partial charge in [-0.2, -0.15) is 0 Å². The first-order valence-electron chi connectivity index (χ1n) is 6.43. The second-order valence-corrected chi connectivity index (χ2v) is 5.28. The Morgan fingerprint density at radius 3 is 2.30 bits per heavy atom. The van der Waals surface area contributed by atoms with Crippen molar-refractivity contribution in [1.82, 2.24) is 0 Å². The van der Waals surface area contributed by atoms with E-state index in [1.165, 1.54) is 4.90 Å². The highest BCUT2D eigenvalue weighted by molar-refractivity contribution is 7.98. The van der Waals surface area contributed by atoms with E-state index >= 15 is 0 Å². The molecule has 4 heteroatoms. The summed E-state index contributed by atoms with van der Waals surface area (Å²) in [5.41, 5.74) is 1.88. The zero-order chi connectivity index (χ0) is 14.4. The number of benzene rings is 2. The van der Waals surface area contributed by atoms with Crippen LogP contribution < -0.4 is 10.1 Å². The molecule has 2 aromatic rings. The van der Waals surface area contributed by atoms with E-state index in [9.17, 15) is 5.11 Å². The lowest BCUT2D eigenvalue weighted by atomic mass is 10.1. The number of anilines is 1. The Hall–Kier alpha value is -1.65. The third kappa shape index (κ3) is 3.92. The second-order valence-electron chi connectivity index (χ2n) is 4.40. The number of nitrogens with one attached hydrogen (secondary N) is 1. The monoisotopic (exact) mass is 289 g/mol. The zero-order valence-corrected chi connectivity index (χ0v) is 12.5. The van der Waals surface area contributed by atoms with Crippen LogP contribution in [0.1, 0.15) is 11.7 Å². The van der Waals surface area contributed by atoms with Crippen LogP contribution in [0.15, 0.2) is 53.4 Å². The first kappa shape index (κ1) is 14.8. The molecule has 0 aliphatic heterocycles. The molecule has 0 spiro atoms. The van der Waals surface area contributed by atoms with Crippen molar-refractivity contribution in [3.63, 3.8) is 0 Å². The van der Waals surface area contributed by atoms with Gasteiger partial charge in [0.1, 0.15) is 5.75 Å². The molecule has 106 valence electrons. The quantitative estimate of drug-likeness (QED) is 0.798. The molecule has 0 saturated carbocycles. The summed E-state index contributed by atoms with van der Waals surface area (Å²) >= 11 is 1.71. The van der Waals surface area contributed by atoms with Crippen molar-refractivity contribution in [2.45, 2.75) is 11.0 Å². The first-order chi connectivity index (χ1) is 9.72. The molecule has 3 nitrogen and oxygen atoms in total. The molecule has 2 aromatic carbocycles. The highest BCUT2D eigenvalue weighted by Gasteiger charge is 2.07. The molecule has 0 aromatic heterocycles. The lowest BCUT2D eigenvalue weighted by Gasteiger charge is -2.14. The van der Waals surface area contributed by atoms with Gasteiger partial charge in [-0.25, -0.2) is 0 Å². The van der Waals surface area contributed by atoms with Gasteiger partial charge in [0.15, 0.2) is 0 Å². The maximum Gasteiger partial charge on any atom is 0.118 e. The Morgan fingerprint density at radius 1 is 1.10 bits per heavy atom. The van der Waals surface area contributed by atoms with Crippen molar-refractivity contribution in [2.24, 2.45) is 0 Å². The van der Waals surface area contributed by atoms with Gasteiger partial charge in [-0.05, 0) is 48.2 Å². The van der Waals surface area contributed by atoms with Crippen LogP contribution in [-0.4, -0.2) is 25.0 Å². The van der Waals surface area contributed by atoms with Gasteiger partial charge in [0.2, 0.25) is 0 Å². The number of thioether (sulfide) groups is 1. The van der Waals surface area contributed by atoms with Crippen LogP contribution >= 0.6 is 11.8 Å². The molecule has 2 N–H and O–H groups in total. The molecule has 0 aliphatic carbocycles. The molecule has 20 heavy (non-hydrogen) atoms. The van der Waals surface area contributed by atoms with Crippen LogP contribution in [0.4, 0.5) is 5.69 Å². The van der Waals surface area contributed by atoms with E-state index in [1.807, 2.05) is 36.4 Å². The first-order valence-corrected chi connectivity index (χ1v) is 7.65. The topological polar surface area (TPSA) is 41.5 Å². The average Bonchev–Trinajstić information content (AvgIpc) is 2.53. The van der Waals surface area contributed by atoms with Gasteiger partial charge in [-0.15, -0.1) is 11.8 Å². The molecule has 1 unspecified atom stereocenters. The van der Waals surface area contributed by atoms with Crippen molar-refractivity contribution < 1.29 is 9.84 Å². The fourth-order valence-electron chi connectivity index (χ4n) is 1.87. The summed E-state index contributed by atoms with van der Waals surface area (Å²) < 4.78 is 5.10. The highest BCUT2D eigenvalue weighted by Crippen LogP contribution is 2.20. The van der Waals surface area contributed by atoms with Gasteiger partial charge >= 0.3 is 0 Å². The SMILES string of the molecule is COc1ccc(C(O)CNc2ccc(SC)cc2)cc1. The Labute approximate surface area is 124 Å². The van der Waals surface area contributed by atoms with Crippen LogP contribution in [0.2, 0.25) is 0 Å². The summed E-state index contributed by atoms with van der Waals surface area (Å²) in [5, 5.41) is 13.4. The van der Waals surface area contributed by atoms with E-state index in [0.29, 0.717) is 6.54 Å². The normalized spacial score (nSPS) is 11.9. The van der Waals surface area contributed by atoms with Crippen LogP contribution in [0.3, 0.4) is 0 Å². The summed E-state index contributed by atoms with van der Waals surface area (Å²) in [6.45, 7) is 0.477. The molecule has 0 amide bonds. The standard InChI is InChI=1S/C16H19NO2S/c1-19-14-7-3-12(4-8-14)16(18)11-17-13-5-9-15(20-2)10-6-13/h3-10,16-18H,11H2,1-2H3. The van der Waals surface area contributed by atoms with E-state index in [2.05, 4.69) is 23.7 Å². The number of ether oxygens (including phenoxy) is 1. The fraction of sp³-hybridized carbons (Fsp3) is 0.250. The van der Waals surface area contributed by atoms with Crippen LogP contribution in [0, 0.1) is 0 Å². The molecule has 0 aliphatic rings. The number of aliphatic hydroxyl groups excluding tert-OH is 1. The predicted molar refractivity (Wildman–Crippen MR) is 84.7 cm³/mol. The average molecular weight is 289 g/mol. The summed E-state index contributed by atoms with van der Waals surface area (Å²) in [6.07, 6.45) is 1.51. The maximum absolute atomic E-state index is 10.1.